The van der Waals surface area contributed by atoms with E-state index >= 15 is 0 Å². The number of nitrogens with one attached hydrogen (secondary N) is 2. The maximum Gasteiger partial charge on any atom is 0.236 e. The number of benzene rings is 1. The fourth-order valence-corrected chi connectivity index (χ4v) is 2.08. The number of hydrogen-bond donors (Lipinski definition) is 3. The number of nitrogens with two attached hydrogens (primary N) is 1. The molecule has 102 valence electrons. The molecule has 0 saturated heterocycles. The summed E-state index contributed by atoms with van der Waals surface area (Å²) in [6.45, 7) is 2.58. The van der Waals surface area contributed by atoms with Gasteiger partial charge in [-0.25, -0.2) is 0 Å². The molecule has 1 atom stereocenters. The van der Waals surface area contributed by atoms with Crippen molar-refractivity contribution < 1.29 is 4.79 Å². The third-order valence-corrected chi connectivity index (χ3v) is 3.28. The van der Waals surface area contributed by atoms with E-state index in [9.17, 15) is 4.79 Å². The zero-order valence-corrected chi connectivity index (χ0v) is 11.3. The minimum atomic E-state index is -0.381. The number of amides is 1. The van der Waals surface area contributed by atoms with Gasteiger partial charge in [0.15, 0.2) is 0 Å². The van der Waals surface area contributed by atoms with E-state index in [1.165, 1.54) is 11.1 Å². The van der Waals surface area contributed by atoms with Crippen LogP contribution in [-0.4, -0.2) is 23.5 Å². The highest BCUT2D eigenvalue weighted by Gasteiger charge is 2.09. The molecule has 0 aliphatic carbocycles. The van der Waals surface area contributed by atoms with Gasteiger partial charge < -0.3 is 16.0 Å². The molecule has 0 spiro atoms. The van der Waals surface area contributed by atoms with Crippen LogP contribution in [0.2, 0.25) is 0 Å². The molecule has 4 N–H and O–H groups in total. The molecule has 0 aliphatic heterocycles. The van der Waals surface area contributed by atoms with Gasteiger partial charge in [0, 0.05) is 17.8 Å². The summed E-state index contributed by atoms with van der Waals surface area (Å²) in [5.74, 6) is -0.0563. The summed E-state index contributed by atoms with van der Waals surface area (Å²) in [4.78, 5) is 14.9. The number of rotatable bonds is 6. The van der Waals surface area contributed by atoms with E-state index in [0.717, 1.165) is 18.4 Å². The summed E-state index contributed by atoms with van der Waals surface area (Å²) in [6, 6.07) is 10.0. The van der Waals surface area contributed by atoms with Gasteiger partial charge >= 0.3 is 0 Å². The quantitative estimate of drug-likeness (QED) is 0.694. The maximum absolute atomic E-state index is 11.5. The van der Waals surface area contributed by atoms with Gasteiger partial charge in [-0.15, -0.1) is 0 Å². The Morgan fingerprint density at radius 1 is 1.42 bits per heavy atom. The van der Waals surface area contributed by atoms with Crippen molar-refractivity contribution in [2.24, 2.45) is 5.73 Å². The molecule has 1 aromatic heterocycles. The first kappa shape index (κ1) is 13.6. The molecule has 1 aromatic carbocycles. The van der Waals surface area contributed by atoms with Gasteiger partial charge in [-0.05, 0) is 36.8 Å². The Morgan fingerprint density at radius 2 is 2.21 bits per heavy atom. The summed E-state index contributed by atoms with van der Waals surface area (Å²) in [7, 11) is 0. The van der Waals surface area contributed by atoms with E-state index < -0.39 is 0 Å². The summed E-state index contributed by atoms with van der Waals surface area (Å²) in [5, 5.41) is 4.09. The zero-order valence-electron chi connectivity index (χ0n) is 11.3. The van der Waals surface area contributed by atoms with E-state index in [-0.39, 0.29) is 11.9 Å². The third kappa shape index (κ3) is 3.58. The molecule has 0 saturated carbocycles. The SMILES string of the molecule is CCC(N)C(=O)NCCCc1cc2ccccc2[nH]1. The van der Waals surface area contributed by atoms with Gasteiger partial charge in [0.1, 0.15) is 0 Å². The number of carbonyl (C=O) groups excluding carboxylic acids is 1. The van der Waals surface area contributed by atoms with Gasteiger partial charge in [-0.2, -0.15) is 0 Å². The first-order chi connectivity index (χ1) is 9.20. The van der Waals surface area contributed by atoms with Gasteiger partial charge in [0.2, 0.25) is 5.91 Å². The molecular weight excluding hydrogens is 238 g/mol. The van der Waals surface area contributed by atoms with Crippen molar-refractivity contribution in [3.05, 3.63) is 36.0 Å². The molecule has 0 fully saturated rings. The van der Waals surface area contributed by atoms with Crippen LogP contribution in [0.4, 0.5) is 0 Å². The normalized spacial score (nSPS) is 12.5. The molecule has 1 amide bonds. The van der Waals surface area contributed by atoms with Crippen LogP contribution in [0.5, 0.6) is 0 Å². The first-order valence-electron chi connectivity index (χ1n) is 6.80. The summed E-state index contributed by atoms with van der Waals surface area (Å²) in [6.07, 6.45) is 2.51. The molecule has 4 nitrogen and oxygen atoms in total. The molecule has 1 unspecified atom stereocenters. The Hall–Kier alpha value is -1.81. The summed E-state index contributed by atoms with van der Waals surface area (Å²) in [5.41, 5.74) is 8.01. The second-order valence-corrected chi connectivity index (χ2v) is 4.79. The minimum Gasteiger partial charge on any atom is -0.358 e. The molecule has 19 heavy (non-hydrogen) atoms. The van der Waals surface area contributed by atoms with Crippen molar-refractivity contribution in [3.8, 4) is 0 Å². The lowest BCUT2D eigenvalue weighted by Crippen LogP contribution is -2.40. The maximum atomic E-state index is 11.5. The van der Waals surface area contributed by atoms with E-state index in [2.05, 4.69) is 28.5 Å². The largest absolute Gasteiger partial charge is 0.358 e. The summed E-state index contributed by atoms with van der Waals surface area (Å²) >= 11 is 0. The Labute approximate surface area is 113 Å². The van der Waals surface area contributed by atoms with Crippen LogP contribution in [0.3, 0.4) is 0 Å². The Balaban J connectivity index is 1.78. The fourth-order valence-electron chi connectivity index (χ4n) is 2.08. The average molecular weight is 259 g/mol. The van der Waals surface area contributed by atoms with Crippen molar-refractivity contribution in [1.82, 2.24) is 10.3 Å². The average Bonchev–Trinajstić information content (AvgIpc) is 2.85. The highest BCUT2D eigenvalue weighted by atomic mass is 16.2. The Bertz CT molecular complexity index is 514. The Kier molecular flexibility index (Phi) is 4.58. The smallest absolute Gasteiger partial charge is 0.236 e. The Morgan fingerprint density at radius 3 is 2.95 bits per heavy atom. The topological polar surface area (TPSA) is 70.9 Å². The van der Waals surface area contributed by atoms with Crippen LogP contribution < -0.4 is 11.1 Å². The number of H-pyrrole nitrogens is 1. The molecule has 0 aliphatic rings. The number of aromatic nitrogens is 1. The number of aromatic amines is 1. The van der Waals surface area contributed by atoms with E-state index in [1.807, 2.05) is 19.1 Å². The second-order valence-electron chi connectivity index (χ2n) is 4.79. The molecule has 0 bridgehead atoms. The summed E-state index contributed by atoms with van der Waals surface area (Å²) < 4.78 is 0. The molecular formula is C15H21N3O. The lowest BCUT2D eigenvalue weighted by atomic mass is 10.2. The lowest BCUT2D eigenvalue weighted by molar-refractivity contribution is -0.122. The molecule has 4 heteroatoms. The number of fused-ring (bicyclic) bond motifs is 1. The van der Waals surface area contributed by atoms with Crippen LogP contribution in [0.25, 0.3) is 10.9 Å². The number of para-hydroxylation sites is 1. The van der Waals surface area contributed by atoms with E-state index in [4.69, 9.17) is 5.73 Å². The zero-order chi connectivity index (χ0) is 13.7. The first-order valence-corrected chi connectivity index (χ1v) is 6.80. The number of hydrogen-bond acceptors (Lipinski definition) is 2. The van der Waals surface area contributed by atoms with Crippen LogP contribution in [0.15, 0.2) is 30.3 Å². The van der Waals surface area contributed by atoms with Crippen molar-refractivity contribution in [2.45, 2.75) is 32.2 Å². The van der Waals surface area contributed by atoms with E-state index in [1.54, 1.807) is 0 Å². The second kappa shape index (κ2) is 6.38. The predicted molar refractivity (Wildman–Crippen MR) is 77.9 cm³/mol. The van der Waals surface area contributed by atoms with Crippen molar-refractivity contribution >= 4 is 16.8 Å². The van der Waals surface area contributed by atoms with Gasteiger partial charge in [-0.1, -0.05) is 25.1 Å². The highest BCUT2D eigenvalue weighted by Crippen LogP contribution is 2.15. The minimum absolute atomic E-state index is 0.0563. The van der Waals surface area contributed by atoms with Gasteiger partial charge in [-0.3, -0.25) is 4.79 Å². The monoisotopic (exact) mass is 259 g/mol. The van der Waals surface area contributed by atoms with E-state index in [0.29, 0.717) is 13.0 Å². The molecule has 2 aromatic rings. The van der Waals surface area contributed by atoms with Crippen molar-refractivity contribution in [3.63, 3.8) is 0 Å². The molecule has 1 heterocycles. The third-order valence-electron chi connectivity index (χ3n) is 3.28. The van der Waals surface area contributed by atoms with Crippen LogP contribution >= 0.6 is 0 Å². The van der Waals surface area contributed by atoms with Crippen LogP contribution in [0.1, 0.15) is 25.5 Å². The van der Waals surface area contributed by atoms with Gasteiger partial charge in [0.05, 0.1) is 6.04 Å². The number of aryl methyl sites for hydroxylation is 1. The molecule has 2 rings (SSSR count). The van der Waals surface area contributed by atoms with Crippen LogP contribution in [0, 0.1) is 0 Å². The van der Waals surface area contributed by atoms with Crippen LogP contribution in [-0.2, 0) is 11.2 Å². The van der Waals surface area contributed by atoms with Gasteiger partial charge in [0.25, 0.3) is 0 Å². The molecule has 0 radical (unpaired) electrons. The highest BCUT2D eigenvalue weighted by molar-refractivity contribution is 5.81. The fraction of sp³-hybridized carbons (Fsp3) is 0.400. The van der Waals surface area contributed by atoms with Crippen molar-refractivity contribution in [2.75, 3.05) is 6.54 Å². The lowest BCUT2D eigenvalue weighted by Gasteiger charge is -2.09. The standard InChI is InChI=1S/C15H21N3O/c1-2-13(16)15(19)17-9-5-7-12-10-11-6-3-4-8-14(11)18-12/h3-4,6,8,10,13,18H,2,5,7,9,16H2,1H3,(H,17,19). The number of carbonyl (C=O) groups is 1. The predicted octanol–water partition coefficient (Wildman–Crippen LogP) is 1.95. The van der Waals surface area contributed by atoms with Crippen molar-refractivity contribution in [1.29, 1.82) is 0 Å².